The first kappa shape index (κ1) is 19.6. The quantitative estimate of drug-likeness (QED) is 0.780. The number of piperidine rings is 1. The molecule has 1 unspecified atom stereocenters. The maximum Gasteiger partial charge on any atom is 0.410 e. The average Bonchev–Trinajstić information content (AvgIpc) is 2.93. The van der Waals surface area contributed by atoms with Gasteiger partial charge in [-0.25, -0.2) is 9.78 Å². The highest BCUT2D eigenvalue weighted by Crippen LogP contribution is 2.38. The Morgan fingerprint density at radius 2 is 2.00 bits per heavy atom. The van der Waals surface area contributed by atoms with Crippen LogP contribution in [0.3, 0.4) is 0 Å². The molecule has 1 aliphatic heterocycles. The van der Waals surface area contributed by atoms with Crippen molar-refractivity contribution < 1.29 is 9.53 Å². The highest BCUT2D eigenvalue weighted by molar-refractivity contribution is 7.11. The van der Waals surface area contributed by atoms with Gasteiger partial charge in [0, 0.05) is 30.6 Å². The van der Waals surface area contributed by atoms with Crippen LogP contribution in [0, 0.1) is 12.8 Å². The molecule has 2 aliphatic rings. The molecule has 1 aromatic rings. The largest absolute Gasteiger partial charge is 0.444 e. The summed E-state index contributed by atoms with van der Waals surface area (Å²) in [6.07, 6.45) is 5.57. The van der Waals surface area contributed by atoms with Crippen LogP contribution >= 0.6 is 11.3 Å². The van der Waals surface area contributed by atoms with E-state index in [1.807, 2.05) is 37.0 Å². The number of hydrogen-bond donors (Lipinski definition) is 0. The molecular weight excluding hydrogens is 346 g/mol. The lowest BCUT2D eigenvalue weighted by Gasteiger charge is -2.37. The number of carbonyl (C=O) groups is 1. The maximum absolute atomic E-state index is 12.2. The summed E-state index contributed by atoms with van der Waals surface area (Å²) in [6, 6.07) is 0.522. The van der Waals surface area contributed by atoms with Crippen molar-refractivity contribution in [2.45, 2.75) is 71.4 Å². The van der Waals surface area contributed by atoms with Crippen LogP contribution in [-0.2, 0) is 11.2 Å². The molecule has 5 nitrogen and oxygen atoms in total. The lowest BCUT2D eigenvalue weighted by molar-refractivity contribution is 0.0166. The number of fused-ring (bicyclic) bond motifs is 1. The number of nitrogens with zero attached hydrogens (tertiary/aromatic N) is 3. The number of aromatic nitrogens is 1. The second-order valence-corrected chi connectivity index (χ2v) is 10.0. The van der Waals surface area contributed by atoms with Gasteiger partial charge in [0.25, 0.3) is 0 Å². The number of aryl methyl sites for hydroxylation is 2. The predicted octanol–water partition coefficient (Wildman–Crippen LogP) is 4.41. The van der Waals surface area contributed by atoms with Gasteiger partial charge < -0.3 is 9.64 Å². The molecule has 146 valence electrons. The van der Waals surface area contributed by atoms with Crippen molar-refractivity contribution in [1.29, 1.82) is 0 Å². The third kappa shape index (κ3) is 4.77. The standard InChI is InChI=1S/C20H33N3O2S/c1-14-21-16-7-6-8-17(18(16)26-14)22(5)13-15-9-11-23(12-10-15)19(24)25-20(2,3)4/h15,17H,6-13H2,1-5H3. The summed E-state index contributed by atoms with van der Waals surface area (Å²) in [6.45, 7) is 10.6. The van der Waals surface area contributed by atoms with E-state index in [0.29, 0.717) is 12.0 Å². The van der Waals surface area contributed by atoms with E-state index >= 15 is 0 Å². The molecule has 0 bridgehead atoms. The summed E-state index contributed by atoms with van der Waals surface area (Å²) < 4.78 is 5.50. The van der Waals surface area contributed by atoms with Gasteiger partial charge in [0.05, 0.1) is 10.7 Å². The fourth-order valence-electron chi connectivity index (χ4n) is 4.10. The molecule has 26 heavy (non-hydrogen) atoms. The lowest BCUT2D eigenvalue weighted by atomic mass is 9.93. The van der Waals surface area contributed by atoms with Gasteiger partial charge in [-0.15, -0.1) is 11.3 Å². The molecular formula is C20H33N3O2S. The third-order valence-corrected chi connectivity index (χ3v) is 6.49. The van der Waals surface area contributed by atoms with Crippen molar-refractivity contribution in [1.82, 2.24) is 14.8 Å². The lowest BCUT2D eigenvalue weighted by Crippen LogP contribution is -2.43. The molecule has 3 rings (SSSR count). The Hall–Kier alpha value is -1.14. The zero-order chi connectivity index (χ0) is 18.9. The number of likely N-dealkylation sites (tertiary alicyclic amines) is 1. The van der Waals surface area contributed by atoms with Gasteiger partial charge >= 0.3 is 6.09 Å². The number of thiazole rings is 1. The van der Waals surface area contributed by atoms with E-state index in [-0.39, 0.29) is 6.09 Å². The first-order valence-electron chi connectivity index (χ1n) is 9.87. The van der Waals surface area contributed by atoms with Crippen LogP contribution in [0.15, 0.2) is 0 Å². The van der Waals surface area contributed by atoms with Crippen LogP contribution in [0.1, 0.15) is 68.1 Å². The Kier molecular flexibility index (Phi) is 5.92. The Balaban J connectivity index is 1.51. The van der Waals surface area contributed by atoms with Crippen molar-refractivity contribution in [3.05, 3.63) is 15.6 Å². The van der Waals surface area contributed by atoms with E-state index in [4.69, 9.17) is 9.72 Å². The average molecular weight is 380 g/mol. The van der Waals surface area contributed by atoms with Crippen LogP contribution in [0.25, 0.3) is 0 Å². The molecule has 0 aromatic carbocycles. The topological polar surface area (TPSA) is 45.7 Å². The Bertz CT molecular complexity index is 629. The molecule has 0 N–H and O–H groups in total. The highest BCUT2D eigenvalue weighted by atomic mass is 32.1. The van der Waals surface area contributed by atoms with Crippen LogP contribution in [0.4, 0.5) is 4.79 Å². The summed E-state index contributed by atoms with van der Waals surface area (Å²) >= 11 is 1.88. The molecule has 1 aliphatic carbocycles. The number of hydrogen-bond acceptors (Lipinski definition) is 5. The number of ether oxygens (including phenoxy) is 1. The van der Waals surface area contributed by atoms with Crippen molar-refractivity contribution >= 4 is 17.4 Å². The molecule has 0 spiro atoms. The van der Waals surface area contributed by atoms with Gasteiger partial charge in [0.2, 0.25) is 0 Å². The summed E-state index contributed by atoms with van der Waals surface area (Å²) in [5.41, 5.74) is 0.912. The molecule has 1 atom stereocenters. The normalized spacial score (nSPS) is 21.8. The van der Waals surface area contributed by atoms with Crippen molar-refractivity contribution in [3.63, 3.8) is 0 Å². The third-order valence-electron chi connectivity index (χ3n) is 5.37. The molecule has 1 fully saturated rings. The van der Waals surface area contributed by atoms with Crippen LogP contribution in [0.5, 0.6) is 0 Å². The fourth-order valence-corrected chi connectivity index (χ4v) is 5.27. The van der Waals surface area contributed by atoms with Gasteiger partial charge in [-0.2, -0.15) is 0 Å². The summed E-state index contributed by atoms with van der Waals surface area (Å²) in [4.78, 5) is 22.8. The van der Waals surface area contributed by atoms with Gasteiger partial charge in [0.1, 0.15) is 5.60 Å². The Morgan fingerprint density at radius 1 is 1.31 bits per heavy atom. The Labute approximate surface area is 161 Å². The molecule has 0 saturated carbocycles. The molecule has 2 heterocycles. The van der Waals surface area contributed by atoms with Gasteiger partial charge in [-0.1, -0.05) is 0 Å². The van der Waals surface area contributed by atoms with Crippen LogP contribution in [-0.4, -0.2) is 53.2 Å². The summed E-state index contributed by atoms with van der Waals surface area (Å²) in [5, 5.41) is 1.20. The second-order valence-electron chi connectivity index (χ2n) is 8.80. The van der Waals surface area contributed by atoms with E-state index in [1.165, 1.54) is 28.4 Å². The van der Waals surface area contributed by atoms with Crippen molar-refractivity contribution in [3.8, 4) is 0 Å². The summed E-state index contributed by atoms with van der Waals surface area (Å²) in [7, 11) is 2.26. The molecule has 1 amide bonds. The number of rotatable bonds is 3. The monoisotopic (exact) mass is 379 g/mol. The molecule has 1 aromatic heterocycles. The number of carbonyl (C=O) groups excluding carboxylic acids is 1. The first-order valence-corrected chi connectivity index (χ1v) is 10.7. The van der Waals surface area contributed by atoms with Gasteiger partial charge in [-0.05, 0) is 72.8 Å². The minimum absolute atomic E-state index is 0.165. The fraction of sp³-hybridized carbons (Fsp3) is 0.800. The van der Waals surface area contributed by atoms with E-state index in [2.05, 4.69) is 18.9 Å². The summed E-state index contributed by atoms with van der Waals surface area (Å²) in [5.74, 6) is 0.651. The zero-order valence-electron chi connectivity index (χ0n) is 16.9. The van der Waals surface area contributed by atoms with Crippen LogP contribution in [0.2, 0.25) is 0 Å². The second kappa shape index (κ2) is 7.85. The van der Waals surface area contributed by atoms with E-state index in [1.54, 1.807) is 0 Å². The molecule has 1 saturated heterocycles. The highest BCUT2D eigenvalue weighted by Gasteiger charge is 2.31. The van der Waals surface area contributed by atoms with E-state index in [9.17, 15) is 4.79 Å². The molecule has 6 heteroatoms. The SMILES string of the molecule is Cc1nc2c(s1)C(N(C)CC1CCN(C(=O)OC(C)(C)C)CC1)CCC2. The van der Waals surface area contributed by atoms with Crippen molar-refractivity contribution in [2.75, 3.05) is 26.7 Å². The van der Waals surface area contributed by atoms with Crippen molar-refractivity contribution in [2.24, 2.45) is 5.92 Å². The number of amides is 1. The minimum atomic E-state index is -0.417. The van der Waals surface area contributed by atoms with E-state index in [0.717, 1.165) is 38.9 Å². The first-order chi connectivity index (χ1) is 12.2. The Morgan fingerprint density at radius 3 is 2.65 bits per heavy atom. The van der Waals surface area contributed by atoms with Crippen LogP contribution < -0.4 is 0 Å². The maximum atomic E-state index is 12.2. The molecule has 0 radical (unpaired) electrons. The van der Waals surface area contributed by atoms with Gasteiger partial charge in [-0.3, -0.25) is 4.90 Å². The van der Waals surface area contributed by atoms with E-state index < -0.39 is 5.60 Å². The predicted molar refractivity (Wildman–Crippen MR) is 106 cm³/mol. The van der Waals surface area contributed by atoms with Gasteiger partial charge in [0.15, 0.2) is 0 Å². The smallest absolute Gasteiger partial charge is 0.410 e. The minimum Gasteiger partial charge on any atom is -0.444 e. The zero-order valence-corrected chi connectivity index (χ0v) is 17.7.